The number of benzene rings is 1. The number of hydrogen-bond acceptors (Lipinski definition) is 5. The fraction of sp³-hybridized carbons (Fsp3) is 0.231. The molecule has 0 fully saturated rings. The first kappa shape index (κ1) is 15.9. The summed E-state index contributed by atoms with van der Waals surface area (Å²) in [6.07, 6.45) is 0.816. The number of halogens is 1. The van der Waals surface area contributed by atoms with Crippen molar-refractivity contribution in [3.8, 4) is 5.75 Å². The van der Waals surface area contributed by atoms with Crippen molar-refractivity contribution in [2.75, 3.05) is 17.1 Å². The minimum absolute atomic E-state index is 0.140. The van der Waals surface area contributed by atoms with Gasteiger partial charge in [0.15, 0.2) is 0 Å². The van der Waals surface area contributed by atoms with E-state index in [1.165, 1.54) is 12.1 Å². The summed E-state index contributed by atoms with van der Waals surface area (Å²) >= 11 is 6.98. The zero-order chi connectivity index (χ0) is 15.5. The van der Waals surface area contributed by atoms with Crippen molar-refractivity contribution < 1.29 is 13.2 Å². The lowest BCUT2D eigenvalue weighted by Gasteiger charge is -2.13. The molecular weight excluding hydrogens is 332 g/mol. The lowest BCUT2D eigenvalue weighted by Crippen LogP contribution is -2.12. The number of anilines is 2. The molecule has 0 saturated heterocycles. The van der Waals surface area contributed by atoms with E-state index in [0.29, 0.717) is 28.8 Å². The zero-order valence-electron chi connectivity index (χ0n) is 11.3. The second kappa shape index (κ2) is 6.55. The van der Waals surface area contributed by atoms with Crippen molar-refractivity contribution in [3.05, 3.63) is 34.7 Å². The third-order valence-electron chi connectivity index (χ3n) is 2.51. The Morgan fingerprint density at radius 1 is 1.38 bits per heavy atom. The topological polar surface area (TPSA) is 81.4 Å². The highest BCUT2D eigenvalue weighted by molar-refractivity contribution is 7.94. The van der Waals surface area contributed by atoms with Crippen molar-refractivity contribution in [3.63, 3.8) is 0 Å². The molecule has 0 unspecified atom stereocenters. The molecule has 0 aliphatic heterocycles. The van der Waals surface area contributed by atoms with E-state index in [4.69, 9.17) is 22.1 Å². The summed E-state index contributed by atoms with van der Waals surface area (Å²) in [5, 5.41) is 1.99. The monoisotopic (exact) mass is 346 g/mol. The van der Waals surface area contributed by atoms with E-state index in [2.05, 4.69) is 4.72 Å². The molecule has 2 rings (SSSR count). The Kier molecular flexibility index (Phi) is 4.97. The number of nitrogen functional groups attached to an aromatic ring is 1. The van der Waals surface area contributed by atoms with Gasteiger partial charge in [-0.05, 0) is 30.7 Å². The van der Waals surface area contributed by atoms with Gasteiger partial charge >= 0.3 is 0 Å². The van der Waals surface area contributed by atoms with Gasteiger partial charge in [-0.1, -0.05) is 18.5 Å². The molecule has 1 aromatic heterocycles. The van der Waals surface area contributed by atoms with Gasteiger partial charge in [-0.15, -0.1) is 11.3 Å². The molecule has 0 amide bonds. The Bertz CT molecular complexity index is 729. The van der Waals surface area contributed by atoms with Crippen molar-refractivity contribution >= 4 is 44.3 Å². The summed E-state index contributed by atoms with van der Waals surface area (Å²) in [5.74, 6) is 0.439. The van der Waals surface area contributed by atoms with E-state index in [-0.39, 0.29) is 4.21 Å². The van der Waals surface area contributed by atoms with Crippen molar-refractivity contribution in [1.82, 2.24) is 0 Å². The van der Waals surface area contributed by atoms with Gasteiger partial charge in [-0.25, -0.2) is 8.42 Å². The minimum atomic E-state index is -3.71. The van der Waals surface area contributed by atoms with E-state index in [9.17, 15) is 8.42 Å². The van der Waals surface area contributed by atoms with Gasteiger partial charge in [-0.2, -0.15) is 0 Å². The first-order valence-corrected chi connectivity index (χ1v) is 8.95. The SMILES string of the molecule is CCCOc1ccc(Cl)cc1NS(=O)(=O)c1cc(N)cs1. The first-order chi connectivity index (χ1) is 9.92. The Hall–Kier alpha value is -1.44. The summed E-state index contributed by atoms with van der Waals surface area (Å²) in [4.78, 5) is 0. The molecule has 0 bridgehead atoms. The molecule has 5 nitrogen and oxygen atoms in total. The van der Waals surface area contributed by atoms with Gasteiger partial charge < -0.3 is 10.5 Å². The zero-order valence-corrected chi connectivity index (χ0v) is 13.7. The maximum atomic E-state index is 12.3. The van der Waals surface area contributed by atoms with Crippen LogP contribution in [0, 0.1) is 0 Å². The van der Waals surface area contributed by atoms with E-state index in [1.807, 2.05) is 6.92 Å². The second-order valence-electron chi connectivity index (χ2n) is 4.29. The maximum Gasteiger partial charge on any atom is 0.271 e. The van der Waals surface area contributed by atoms with Crippen LogP contribution in [0.15, 0.2) is 33.9 Å². The number of thiophene rings is 1. The quantitative estimate of drug-likeness (QED) is 0.837. The molecule has 0 spiro atoms. The summed E-state index contributed by atoms with van der Waals surface area (Å²) in [7, 11) is -3.71. The third-order valence-corrected chi connectivity index (χ3v) is 5.57. The van der Waals surface area contributed by atoms with Gasteiger partial charge in [0.2, 0.25) is 0 Å². The number of nitrogens with two attached hydrogens (primary N) is 1. The molecule has 0 atom stereocenters. The molecule has 8 heteroatoms. The summed E-state index contributed by atoms with van der Waals surface area (Å²) in [5.41, 5.74) is 6.28. The molecule has 0 radical (unpaired) electrons. The van der Waals surface area contributed by atoms with Crippen LogP contribution >= 0.6 is 22.9 Å². The average molecular weight is 347 g/mol. The molecule has 3 N–H and O–H groups in total. The number of hydrogen-bond donors (Lipinski definition) is 2. The minimum Gasteiger partial charge on any atom is -0.491 e. The van der Waals surface area contributed by atoms with Gasteiger partial charge in [0.25, 0.3) is 10.0 Å². The summed E-state index contributed by atoms with van der Waals surface area (Å²) in [6, 6.07) is 6.21. The van der Waals surface area contributed by atoms with Gasteiger partial charge in [0.05, 0.1) is 12.3 Å². The number of nitrogens with one attached hydrogen (secondary N) is 1. The Balaban J connectivity index is 2.31. The van der Waals surface area contributed by atoms with Crippen LogP contribution < -0.4 is 15.2 Å². The number of ether oxygens (including phenoxy) is 1. The van der Waals surface area contributed by atoms with Crippen molar-refractivity contribution in [2.24, 2.45) is 0 Å². The highest BCUT2D eigenvalue weighted by Crippen LogP contribution is 2.31. The van der Waals surface area contributed by atoms with E-state index in [1.54, 1.807) is 17.5 Å². The molecular formula is C13H15ClN2O3S2. The van der Waals surface area contributed by atoms with Gasteiger partial charge in [-0.3, -0.25) is 4.72 Å². The second-order valence-corrected chi connectivity index (χ2v) is 7.55. The first-order valence-electron chi connectivity index (χ1n) is 6.21. The fourth-order valence-electron chi connectivity index (χ4n) is 1.59. The van der Waals surface area contributed by atoms with Crippen LogP contribution in [-0.2, 0) is 10.0 Å². The third kappa shape index (κ3) is 4.03. The molecule has 1 aromatic carbocycles. The van der Waals surface area contributed by atoms with Crippen LogP contribution in [0.1, 0.15) is 13.3 Å². The highest BCUT2D eigenvalue weighted by Gasteiger charge is 2.19. The standard InChI is InChI=1S/C13H15ClN2O3S2/c1-2-5-19-12-4-3-9(14)6-11(12)16-21(17,18)13-7-10(15)8-20-13/h3-4,6-8,16H,2,5,15H2,1H3. The Morgan fingerprint density at radius 2 is 2.14 bits per heavy atom. The predicted molar refractivity (Wildman–Crippen MR) is 86.8 cm³/mol. The lowest BCUT2D eigenvalue weighted by molar-refractivity contribution is 0.319. The molecule has 0 aliphatic carbocycles. The Labute approximate surface area is 132 Å². The summed E-state index contributed by atoms with van der Waals surface area (Å²) in [6.45, 7) is 2.45. The normalized spacial score (nSPS) is 11.3. The Morgan fingerprint density at radius 3 is 2.76 bits per heavy atom. The van der Waals surface area contributed by atoms with Gasteiger partial charge in [0, 0.05) is 16.1 Å². The molecule has 114 valence electrons. The molecule has 21 heavy (non-hydrogen) atoms. The fourth-order valence-corrected chi connectivity index (χ4v) is 3.90. The summed E-state index contributed by atoms with van der Waals surface area (Å²) < 4.78 is 32.7. The van der Waals surface area contributed by atoms with Gasteiger partial charge in [0.1, 0.15) is 9.96 Å². The van der Waals surface area contributed by atoms with E-state index >= 15 is 0 Å². The smallest absolute Gasteiger partial charge is 0.271 e. The van der Waals surface area contributed by atoms with Crippen molar-refractivity contribution in [1.29, 1.82) is 0 Å². The van der Waals surface area contributed by atoms with Crippen LogP contribution in [0.25, 0.3) is 0 Å². The molecule has 1 heterocycles. The van der Waals surface area contributed by atoms with E-state index < -0.39 is 10.0 Å². The predicted octanol–water partition coefficient (Wildman–Crippen LogP) is 3.57. The van der Waals surface area contributed by atoms with Crippen LogP contribution in [-0.4, -0.2) is 15.0 Å². The number of sulfonamides is 1. The lowest BCUT2D eigenvalue weighted by atomic mass is 10.3. The maximum absolute atomic E-state index is 12.3. The van der Waals surface area contributed by atoms with Crippen LogP contribution in [0.4, 0.5) is 11.4 Å². The molecule has 0 aliphatic rings. The molecule has 2 aromatic rings. The van der Waals surface area contributed by atoms with Crippen molar-refractivity contribution in [2.45, 2.75) is 17.6 Å². The van der Waals surface area contributed by atoms with E-state index in [0.717, 1.165) is 17.8 Å². The van der Waals surface area contributed by atoms with Crippen LogP contribution in [0.3, 0.4) is 0 Å². The van der Waals surface area contributed by atoms with Crippen LogP contribution in [0.5, 0.6) is 5.75 Å². The van der Waals surface area contributed by atoms with Crippen LogP contribution in [0.2, 0.25) is 5.02 Å². The largest absolute Gasteiger partial charge is 0.491 e. The highest BCUT2D eigenvalue weighted by atomic mass is 35.5. The average Bonchev–Trinajstić information content (AvgIpc) is 2.85. The molecule has 0 saturated carbocycles. The number of rotatable bonds is 6.